The lowest BCUT2D eigenvalue weighted by Crippen LogP contribution is -2.31. The maximum Gasteiger partial charge on any atom is 0.306 e. The molecule has 0 radical (unpaired) electrons. The Balaban J connectivity index is 2.86. The molecule has 0 heterocycles. The van der Waals surface area contributed by atoms with Crippen LogP contribution in [0, 0.1) is 17.3 Å². The molecule has 0 aromatic heterocycles. The van der Waals surface area contributed by atoms with Crippen molar-refractivity contribution in [2.45, 2.75) is 20.8 Å². The van der Waals surface area contributed by atoms with Crippen LogP contribution in [0.3, 0.4) is 0 Å². The standard InChI is InChI=1S/C11H16O2/c1-8(10(12)13)9-6-4-5-7-11(9,2)3/h4-9H,1-3H3,(H,12,13). The lowest BCUT2D eigenvalue weighted by atomic mass is 9.70. The van der Waals surface area contributed by atoms with Crippen LogP contribution in [0.1, 0.15) is 20.8 Å². The average molecular weight is 180 g/mol. The van der Waals surface area contributed by atoms with Gasteiger partial charge in [-0.2, -0.15) is 0 Å². The van der Waals surface area contributed by atoms with Gasteiger partial charge in [-0.3, -0.25) is 4.79 Å². The molecule has 0 fully saturated rings. The lowest BCUT2D eigenvalue weighted by Gasteiger charge is -2.33. The number of hydrogen-bond donors (Lipinski definition) is 1. The number of aliphatic carboxylic acids is 1. The van der Waals surface area contributed by atoms with Gasteiger partial charge in [-0.05, 0) is 11.3 Å². The predicted molar refractivity (Wildman–Crippen MR) is 52.4 cm³/mol. The quantitative estimate of drug-likeness (QED) is 0.708. The molecule has 2 unspecified atom stereocenters. The molecule has 2 atom stereocenters. The van der Waals surface area contributed by atoms with E-state index in [9.17, 15) is 4.79 Å². The first-order valence-corrected chi connectivity index (χ1v) is 4.54. The van der Waals surface area contributed by atoms with E-state index in [1.54, 1.807) is 6.92 Å². The third-order valence-corrected chi connectivity index (χ3v) is 2.74. The van der Waals surface area contributed by atoms with E-state index in [0.29, 0.717) is 0 Å². The summed E-state index contributed by atoms with van der Waals surface area (Å²) in [6.45, 7) is 5.90. The molecule has 0 aromatic rings. The number of hydrogen-bond acceptors (Lipinski definition) is 1. The summed E-state index contributed by atoms with van der Waals surface area (Å²) in [6, 6.07) is 0. The smallest absolute Gasteiger partial charge is 0.306 e. The topological polar surface area (TPSA) is 37.3 Å². The average Bonchev–Trinajstić information content (AvgIpc) is 2.02. The number of rotatable bonds is 2. The van der Waals surface area contributed by atoms with Crippen LogP contribution in [0.5, 0.6) is 0 Å². The predicted octanol–water partition coefficient (Wildman–Crippen LogP) is 2.48. The summed E-state index contributed by atoms with van der Waals surface area (Å²) < 4.78 is 0. The molecule has 0 aliphatic heterocycles. The molecule has 2 nitrogen and oxygen atoms in total. The number of carboxylic acids is 1. The van der Waals surface area contributed by atoms with Gasteiger partial charge >= 0.3 is 5.97 Å². The van der Waals surface area contributed by atoms with Gasteiger partial charge in [-0.15, -0.1) is 0 Å². The maximum atomic E-state index is 10.8. The summed E-state index contributed by atoms with van der Waals surface area (Å²) in [5, 5.41) is 8.91. The number of allylic oxidation sites excluding steroid dienone is 4. The van der Waals surface area contributed by atoms with E-state index in [4.69, 9.17) is 5.11 Å². The first kappa shape index (κ1) is 10.0. The van der Waals surface area contributed by atoms with Crippen molar-refractivity contribution in [3.63, 3.8) is 0 Å². The van der Waals surface area contributed by atoms with Gasteiger partial charge in [0.05, 0.1) is 5.92 Å². The third kappa shape index (κ3) is 2.00. The van der Waals surface area contributed by atoms with Gasteiger partial charge in [-0.1, -0.05) is 45.1 Å². The zero-order chi connectivity index (χ0) is 10.1. The molecular weight excluding hydrogens is 164 g/mol. The van der Waals surface area contributed by atoms with E-state index in [0.717, 1.165) is 0 Å². The molecule has 1 rings (SSSR count). The zero-order valence-corrected chi connectivity index (χ0v) is 8.32. The summed E-state index contributed by atoms with van der Waals surface area (Å²) in [5.41, 5.74) is -0.0491. The minimum Gasteiger partial charge on any atom is -0.481 e. The van der Waals surface area contributed by atoms with Gasteiger partial charge in [-0.25, -0.2) is 0 Å². The highest BCUT2D eigenvalue weighted by atomic mass is 16.4. The minimum absolute atomic E-state index is 0.0491. The molecule has 0 saturated carbocycles. The fourth-order valence-corrected chi connectivity index (χ4v) is 1.81. The van der Waals surface area contributed by atoms with Crippen molar-refractivity contribution in [3.8, 4) is 0 Å². The van der Waals surface area contributed by atoms with Crippen molar-refractivity contribution in [3.05, 3.63) is 24.3 Å². The highest BCUT2D eigenvalue weighted by Crippen LogP contribution is 2.37. The Hall–Kier alpha value is -1.05. The SMILES string of the molecule is CC(C(=O)O)C1C=CC=CC1(C)C. The van der Waals surface area contributed by atoms with Crippen LogP contribution in [0.15, 0.2) is 24.3 Å². The molecule has 0 aromatic carbocycles. The Morgan fingerprint density at radius 1 is 1.46 bits per heavy atom. The number of carbonyl (C=O) groups is 1. The normalized spacial score (nSPS) is 27.2. The monoisotopic (exact) mass is 180 g/mol. The lowest BCUT2D eigenvalue weighted by molar-refractivity contribution is -0.143. The van der Waals surface area contributed by atoms with Crippen molar-refractivity contribution in [2.24, 2.45) is 17.3 Å². The molecular formula is C11H16O2. The van der Waals surface area contributed by atoms with Crippen molar-refractivity contribution >= 4 is 5.97 Å². The van der Waals surface area contributed by atoms with Crippen LogP contribution in [-0.2, 0) is 4.79 Å². The maximum absolute atomic E-state index is 10.8. The Morgan fingerprint density at radius 3 is 2.54 bits per heavy atom. The highest BCUT2D eigenvalue weighted by molar-refractivity contribution is 5.70. The molecule has 0 spiro atoms. The molecule has 0 saturated heterocycles. The van der Waals surface area contributed by atoms with Gasteiger partial charge in [0.1, 0.15) is 0 Å². The first-order chi connectivity index (χ1) is 5.95. The third-order valence-electron chi connectivity index (χ3n) is 2.74. The van der Waals surface area contributed by atoms with Crippen molar-refractivity contribution < 1.29 is 9.90 Å². The second kappa shape index (κ2) is 3.36. The van der Waals surface area contributed by atoms with Crippen LogP contribution < -0.4 is 0 Å². The zero-order valence-electron chi connectivity index (χ0n) is 8.32. The molecule has 2 heteroatoms. The van der Waals surface area contributed by atoms with E-state index in [-0.39, 0.29) is 17.3 Å². The molecule has 0 amide bonds. The van der Waals surface area contributed by atoms with Crippen LogP contribution in [-0.4, -0.2) is 11.1 Å². The molecule has 0 bridgehead atoms. The summed E-state index contributed by atoms with van der Waals surface area (Å²) >= 11 is 0. The Kier molecular flexibility index (Phi) is 2.60. The van der Waals surface area contributed by atoms with Gasteiger partial charge in [0.15, 0.2) is 0 Å². The summed E-state index contributed by atoms with van der Waals surface area (Å²) in [6.07, 6.45) is 7.95. The van der Waals surface area contributed by atoms with E-state index in [1.165, 1.54) is 0 Å². The van der Waals surface area contributed by atoms with Crippen LogP contribution in [0.4, 0.5) is 0 Å². The van der Waals surface area contributed by atoms with Gasteiger partial charge < -0.3 is 5.11 Å². The van der Waals surface area contributed by atoms with Crippen molar-refractivity contribution in [2.75, 3.05) is 0 Å². The second-order valence-corrected chi connectivity index (χ2v) is 4.22. The Bertz CT molecular complexity index is 261. The molecule has 13 heavy (non-hydrogen) atoms. The van der Waals surface area contributed by atoms with E-state index >= 15 is 0 Å². The van der Waals surface area contributed by atoms with Crippen LogP contribution in [0.25, 0.3) is 0 Å². The summed E-state index contributed by atoms with van der Waals surface area (Å²) in [4.78, 5) is 10.8. The van der Waals surface area contributed by atoms with Gasteiger partial charge in [0, 0.05) is 0 Å². The van der Waals surface area contributed by atoms with E-state index < -0.39 is 5.97 Å². The van der Waals surface area contributed by atoms with Crippen LogP contribution >= 0.6 is 0 Å². The molecule has 72 valence electrons. The van der Waals surface area contributed by atoms with Crippen LogP contribution in [0.2, 0.25) is 0 Å². The van der Waals surface area contributed by atoms with E-state index in [1.807, 2.05) is 18.2 Å². The molecule has 1 aliphatic carbocycles. The molecule has 1 aliphatic rings. The first-order valence-electron chi connectivity index (χ1n) is 4.54. The number of carboxylic acid groups (broad SMARTS) is 1. The summed E-state index contributed by atoms with van der Waals surface area (Å²) in [7, 11) is 0. The fraction of sp³-hybridized carbons (Fsp3) is 0.545. The Labute approximate surface area is 79.0 Å². The van der Waals surface area contributed by atoms with E-state index in [2.05, 4.69) is 19.9 Å². The highest BCUT2D eigenvalue weighted by Gasteiger charge is 2.34. The summed E-state index contributed by atoms with van der Waals surface area (Å²) in [5.74, 6) is -0.954. The van der Waals surface area contributed by atoms with Crippen molar-refractivity contribution in [1.29, 1.82) is 0 Å². The molecule has 1 N–H and O–H groups in total. The largest absolute Gasteiger partial charge is 0.481 e. The van der Waals surface area contributed by atoms with Gasteiger partial charge in [0.25, 0.3) is 0 Å². The Morgan fingerprint density at radius 2 is 2.08 bits per heavy atom. The second-order valence-electron chi connectivity index (χ2n) is 4.22. The fourth-order valence-electron chi connectivity index (χ4n) is 1.81. The van der Waals surface area contributed by atoms with Crippen molar-refractivity contribution in [1.82, 2.24) is 0 Å². The van der Waals surface area contributed by atoms with Gasteiger partial charge in [0.2, 0.25) is 0 Å². The minimum atomic E-state index is -0.724.